The van der Waals surface area contributed by atoms with Crippen LogP contribution in [0, 0.1) is 24.7 Å². The quantitative estimate of drug-likeness (QED) is 0.469. The van der Waals surface area contributed by atoms with Crippen molar-refractivity contribution in [1.29, 1.82) is 0 Å². The normalized spacial score (nSPS) is 28.5. The van der Waals surface area contributed by atoms with Gasteiger partial charge in [-0.3, -0.25) is 0 Å². The van der Waals surface area contributed by atoms with E-state index in [0.717, 1.165) is 24.7 Å². The summed E-state index contributed by atoms with van der Waals surface area (Å²) in [6.07, 6.45) is -0.532. The van der Waals surface area contributed by atoms with Gasteiger partial charge in [0.05, 0.1) is 0 Å². The molecule has 7 nitrogen and oxygen atoms in total. The van der Waals surface area contributed by atoms with Crippen LogP contribution in [0.2, 0.25) is 0 Å². The second-order valence-electron chi connectivity index (χ2n) is 3.76. The Morgan fingerprint density at radius 3 is 2.88 bits per heavy atom. The van der Waals surface area contributed by atoms with E-state index in [2.05, 4.69) is 4.98 Å². The van der Waals surface area contributed by atoms with Gasteiger partial charge < -0.3 is 0 Å². The Balaban J connectivity index is 2.34. The Morgan fingerprint density at radius 2 is 2.29 bits per heavy atom. The summed E-state index contributed by atoms with van der Waals surface area (Å²) in [7, 11) is 0. The summed E-state index contributed by atoms with van der Waals surface area (Å²) in [5.41, 5.74) is -0.994. The van der Waals surface area contributed by atoms with Gasteiger partial charge in [0.25, 0.3) is 0 Å². The predicted octanol–water partition coefficient (Wildman–Crippen LogP) is -2.65. The molecule has 1 aliphatic rings. The van der Waals surface area contributed by atoms with Crippen molar-refractivity contribution in [1.82, 2.24) is 9.55 Å². The van der Waals surface area contributed by atoms with E-state index in [1.165, 1.54) is 10.8 Å². The van der Waals surface area contributed by atoms with Gasteiger partial charge in [-0.25, -0.2) is 0 Å². The van der Waals surface area contributed by atoms with E-state index >= 15 is 0 Å². The van der Waals surface area contributed by atoms with E-state index in [9.17, 15) is 14.7 Å². The monoisotopic (exact) mass is 437 g/mol. The van der Waals surface area contributed by atoms with Gasteiger partial charge in [0.15, 0.2) is 0 Å². The Hall–Kier alpha value is -0.557. The third kappa shape index (κ3) is 2.50. The number of H-pyrrole nitrogens is 1. The molecule has 0 saturated carbocycles. The van der Waals surface area contributed by atoms with Gasteiger partial charge in [-0.2, -0.15) is 0 Å². The third-order valence-electron chi connectivity index (χ3n) is 2.62. The van der Waals surface area contributed by atoms with Crippen molar-refractivity contribution in [2.24, 2.45) is 0 Å². The van der Waals surface area contributed by atoms with Crippen molar-refractivity contribution in [2.75, 3.05) is 6.61 Å². The molecule has 3 atom stereocenters. The van der Waals surface area contributed by atoms with Crippen LogP contribution in [0.4, 0.5) is 0 Å². The Bertz CT molecular complexity index is 525. The molecule has 0 aliphatic carbocycles. The zero-order valence-corrected chi connectivity index (χ0v) is 11.6. The predicted molar refractivity (Wildman–Crippen MR) is 52.6 cm³/mol. The molecule has 94 valence electrons. The van der Waals surface area contributed by atoms with Gasteiger partial charge in [-0.15, -0.1) is 0 Å². The summed E-state index contributed by atoms with van der Waals surface area (Å²) in [5.74, 6) is 0. The summed E-state index contributed by atoms with van der Waals surface area (Å²) in [5, 5.41) is 18.5. The Kier molecular flexibility index (Phi) is 3.77. The maximum absolute atomic E-state index is 11.6. The molecule has 3 unspecified atom stereocenters. The number of rotatable bonds is 2. The second-order valence-corrected chi connectivity index (χ2v) is 5.34. The summed E-state index contributed by atoms with van der Waals surface area (Å²) >= 11 is 1.15. The number of aromatic amines is 1. The molecule has 1 aromatic rings. The first-order valence-corrected chi connectivity index (χ1v) is 6.45. The van der Waals surface area contributed by atoms with Gasteiger partial charge in [-0.1, -0.05) is 0 Å². The minimum absolute atomic E-state index is 0.211. The van der Waals surface area contributed by atoms with E-state index < -0.39 is 29.7 Å². The second kappa shape index (κ2) is 4.98. The Morgan fingerprint density at radius 1 is 1.59 bits per heavy atom. The van der Waals surface area contributed by atoms with Crippen LogP contribution in [-0.2, 0) is 4.74 Å². The van der Waals surface area contributed by atoms with E-state index in [1.807, 2.05) is 0 Å². The van der Waals surface area contributed by atoms with Crippen molar-refractivity contribution in [2.45, 2.75) is 24.9 Å². The van der Waals surface area contributed by atoms with Crippen LogP contribution < -0.4 is 14.5 Å². The first kappa shape index (κ1) is 12.9. The number of nitrogens with zero attached hydrogens (tertiary/aromatic N) is 1. The summed E-state index contributed by atoms with van der Waals surface area (Å²) < 4.78 is 7.00. The molecule has 2 rings (SSSR count). The maximum atomic E-state index is 11.6. The molecular weight excluding hydrogens is 426 g/mol. The van der Waals surface area contributed by atoms with Crippen LogP contribution in [0.1, 0.15) is 12.6 Å². The number of aliphatic hydroxyl groups is 2. The van der Waals surface area contributed by atoms with Crippen molar-refractivity contribution < 1.29 is 39.7 Å². The van der Waals surface area contributed by atoms with Crippen molar-refractivity contribution in [3.05, 3.63) is 27.0 Å². The number of aliphatic hydroxyl groups excluding tert-OH is 2. The van der Waals surface area contributed by atoms with Crippen LogP contribution >= 0.6 is 0 Å². The van der Waals surface area contributed by atoms with Crippen molar-refractivity contribution >= 4 is 3.27 Å². The fourth-order valence-corrected chi connectivity index (χ4v) is 2.32. The minimum atomic E-state index is -0.811. The molecule has 1 aliphatic heterocycles. The van der Waals surface area contributed by atoms with Crippen LogP contribution in [0.15, 0.2) is 15.8 Å². The third-order valence-corrected chi connectivity index (χ3v) is 3.67. The number of hydrogen-bond acceptors (Lipinski definition) is 5. The molecule has 1 fully saturated rings. The van der Waals surface area contributed by atoms with Crippen LogP contribution in [0.3, 0.4) is 0 Å². The van der Waals surface area contributed by atoms with E-state index in [0.29, 0.717) is 3.27 Å². The molecule has 0 aromatic carbocycles. The number of nitrogens with one attached hydrogen (secondary N) is 1. The van der Waals surface area contributed by atoms with Gasteiger partial charge in [0, 0.05) is 0 Å². The van der Waals surface area contributed by atoms with Gasteiger partial charge in [0.1, 0.15) is 0 Å². The number of ether oxygens (including phenoxy) is 1. The van der Waals surface area contributed by atoms with E-state index in [-0.39, 0.29) is 13.0 Å². The zero-order valence-electron chi connectivity index (χ0n) is 8.67. The standard InChI is InChI=1S/C9H11AtN2O5/c10-4-2-12(9(16)11-8(4)15)7-1-5(14)6(3-13)17-7/h2,5-7,13-14H,1,3H2,(H,11,15,16). The average Bonchev–Trinajstić information content (AvgIpc) is 2.65. The number of hydrogen-bond donors (Lipinski definition) is 3. The fraction of sp³-hybridized carbons (Fsp3) is 0.556. The molecule has 0 bridgehead atoms. The summed E-state index contributed by atoms with van der Waals surface area (Å²) in [6.45, 7) is -0.307. The molecular formula is C9H11AtN2O5. The van der Waals surface area contributed by atoms with Crippen molar-refractivity contribution in [3.8, 4) is 0 Å². The van der Waals surface area contributed by atoms with Gasteiger partial charge in [0.2, 0.25) is 0 Å². The molecule has 2 heterocycles. The fourth-order valence-electron chi connectivity index (χ4n) is 1.72. The molecule has 0 radical (unpaired) electrons. The van der Waals surface area contributed by atoms with Crippen LogP contribution in [-0.4, -0.2) is 38.6 Å². The Labute approximate surface area is 111 Å². The van der Waals surface area contributed by atoms with Crippen LogP contribution in [0.5, 0.6) is 0 Å². The first-order chi connectivity index (χ1) is 8.02. The molecule has 3 N–H and O–H groups in total. The SMILES string of the molecule is O=c1[nH]c(=O)n(C2CC(O)C(CO)O2)cc1[At]. The van der Waals surface area contributed by atoms with Crippen molar-refractivity contribution in [3.63, 3.8) is 0 Å². The molecule has 1 aromatic heterocycles. The summed E-state index contributed by atoms with van der Waals surface area (Å²) in [4.78, 5) is 25.0. The molecule has 0 amide bonds. The topological polar surface area (TPSA) is 105 Å². The molecule has 1 saturated heterocycles. The van der Waals surface area contributed by atoms with Crippen LogP contribution in [0.25, 0.3) is 0 Å². The molecule has 8 heteroatoms. The first-order valence-electron chi connectivity index (χ1n) is 4.98. The molecule has 17 heavy (non-hydrogen) atoms. The van der Waals surface area contributed by atoms with E-state index in [1.54, 1.807) is 0 Å². The zero-order chi connectivity index (χ0) is 12.6. The molecule has 0 spiro atoms. The van der Waals surface area contributed by atoms with Gasteiger partial charge in [-0.05, 0) is 0 Å². The number of aromatic nitrogens is 2. The summed E-state index contributed by atoms with van der Waals surface area (Å²) in [6, 6.07) is 0. The van der Waals surface area contributed by atoms with E-state index in [4.69, 9.17) is 9.84 Å². The average molecular weight is 437 g/mol. The van der Waals surface area contributed by atoms with Gasteiger partial charge >= 0.3 is 111 Å².